The normalized spacial score (nSPS) is 14.8. The molecule has 1 fully saturated rings. The molecule has 0 bridgehead atoms. The molecule has 1 unspecified atom stereocenters. The standard InChI is InChI=1S/C27H30N2O2S/c1-20-10-5-8-16-24(20)26(27(31)28-22-13-6-7-14-22)29(19-21-11-3-2-4-12-21)25(30)18-23-15-9-17-32-23/h2-5,8-12,15-17,22,26H,6-7,13-14,18-19H2,1H3,(H,28,31). The Kier molecular flexibility index (Phi) is 7.38. The van der Waals surface area contributed by atoms with Crippen LogP contribution in [0.25, 0.3) is 0 Å². The van der Waals surface area contributed by atoms with E-state index in [1.165, 1.54) is 0 Å². The summed E-state index contributed by atoms with van der Waals surface area (Å²) in [5, 5.41) is 5.24. The van der Waals surface area contributed by atoms with Crippen molar-refractivity contribution >= 4 is 23.2 Å². The summed E-state index contributed by atoms with van der Waals surface area (Å²) in [4.78, 5) is 30.1. The maximum Gasteiger partial charge on any atom is 0.247 e. The lowest BCUT2D eigenvalue weighted by atomic mass is 9.97. The number of nitrogens with zero attached hydrogens (tertiary/aromatic N) is 1. The van der Waals surface area contributed by atoms with E-state index in [4.69, 9.17) is 0 Å². The van der Waals surface area contributed by atoms with Crippen molar-refractivity contribution < 1.29 is 9.59 Å². The molecule has 0 aliphatic heterocycles. The van der Waals surface area contributed by atoms with Gasteiger partial charge in [-0.3, -0.25) is 9.59 Å². The quantitative estimate of drug-likeness (QED) is 0.502. The third kappa shape index (κ3) is 5.46. The van der Waals surface area contributed by atoms with E-state index >= 15 is 0 Å². The summed E-state index contributed by atoms with van der Waals surface area (Å²) in [6.07, 6.45) is 4.60. The zero-order chi connectivity index (χ0) is 22.3. The predicted molar refractivity (Wildman–Crippen MR) is 129 cm³/mol. The topological polar surface area (TPSA) is 49.4 Å². The predicted octanol–water partition coefficient (Wildman–Crippen LogP) is 5.43. The third-order valence-corrected chi connectivity index (χ3v) is 7.04. The Bertz CT molecular complexity index is 1030. The summed E-state index contributed by atoms with van der Waals surface area (Å²) >= 11 is 1.57. The number of carbonyl (C=O) groups is 2. The zero-order valence-corrected chi connectivity index (χ0v) is 19.3. The molecule has 1 aromatic heterocycles. The van der Waals surface area contributed by atoms with Gasteiger partial charge >= 0.3 is 0 Å². The van der Waals surface area contributed by atoms with Gasteiger partial charge in [0.15, 0.2) is 0 Å². The van der Waals surface area contributed by atoms with Crippen LogP contribution >= 0.6 is 11.3 Å². The van der Waals surface area contributed by atoms with Gasteiger partial charge in [0.1, 0.15) is 6.04 Å². The van der Waals surface area contributed by atoms with Gasteiger partial charge in [0.05, 0.1) is 6.42 Å². The number of hydrogen-bond donors (Lipinski definition) is 1. The average molecular weight is 447 g/mol. The summed E-state index contributed by atoms with van der Waals surface area (Å²) in [5.41, 5.74) is 2.92. The Morgan fingerprint density at radius 3 is 2.41 bits per heavy atom. The number of thiophene rings is 1. The van der Waals surface area contributed by atoms with E-state index in [1.807, 2.05) is 79.0 Å². The molecule has 1 N–H and O–H groups in total. The molecule has 1 aliphatic carbocycles. The Balaban J connectivity index is 1.70. The van der Waals surface area contributed by atoms with Crippen molar-refractivity contribution in [3.05, 3.63) is 93.7 Å². The van der Waals surface area contributed by atoms with Gasteiger partial charge in [0.2, 0.25) is 11.8 Å². The van der Waals surface area contributed by atoms with Gasteiger partial charge in [-0.25, -0.2) is 0 Å². The molecule has 166 valence electrons. The summed E-state index contributed by atoms with van der Waals surface area (Å²) in [7, 11) is 0. The monoisotopic (exact) mass is 446 g/mol. The van der Waals surface area contributed by atoms with E-state index in [0.29, 0.717) is 13.0 Å². The second kappa shape index (κ2) is 10.6. The van der Waals surface area contributed by atoms with Crippen LogP contribution in [0.2, 0.25) is 0 Å². The van der Waals surface area contributed by atoms with E-state index in [1.54, 1.807) is 16.2 Å². The molecule has 3 aromatic rings. The fourth-order valence-electron chi connectivity index (χ4n) is 4.46. The molecule has 2 amide bonds. The van der Waals surface area contributed by atoms with E-state index in [9.17, 15) is 9.59 Å². The Morgan fingerprint density at radius 2 is 1.72 bits per heavy atom. The number of benzene rings is 2. The Morgan fingerprint density at radius 1 is 1.00 bits per heavy atom. The molecule has 0 spiro atoms. The number of amides is 2. The van der Waals surface area contributed by atoms with Crippen molar-refractivity contribution in [1.29, 1.82) is 0 Å². The van der Waals surface area contributed by atoms with Crippen LogP contribution in [0.5, 0.6) is 0 Å². The summed E-state index contributed by atoms with van der Waals surface area (Å²) in [5.74, 6) is -0.118. The van der Waals surface area contributed by atoms with Gasteiger partial charge in [0.25, 0.3) is 0 Å². The highest BCUT2D eigenvalue weighted by atomic mass is 32.1. The van der Waals surface area contributed by atoms with Crippen LogP contribution in [0, 0.1) is 6.92 Å². The highest BCUT2D eigenvalue weighted by molar-refractivity contribution is 7.10. The molecule has 1 heterocycles. The second-order valence-electron chi connectivity index (χ2n) is 8.51. The molecule has 4 nitrogen and oxygen atoms in total. The maximum atomic E-state index is 13.7. The molecule has 0 saturated heterocycles. The first kappa shape index (κ1) is 22.3. The summed E-state index contributed by atoms with van der Waals surface area (Å²) < 4.78 is 0. The van der Waals surface area contributed by atoms with Gasteiger partial charge < -0.3 is 10.2 Å². The first-order chi connectivity index (χ1) is 15.6. The van der Waals surface area contributed by atoms with Crippen LogP contribution in [0.3, 0.4) is 0 Å². The van der Waals surface area contributed by atoms with E-state index in [-0.39, 0.29) is 17.9 Å². The molecule has 5 heteroatoms. The lowest BCUT2D eigenvalue weighted by Gasteiger charge is -2.33. The number of rotatable bonds is 8. The molecular weight excluding hydrogens is 416 g/mol. The first-order valence-corrected chi connectivity index (χ1v) is 12.2. The van der Waals surface area contributed by atoms with Crippen molar-refractivity contribution in [2.75, 3.05) is 0 Å². The van der Waals surface area contributed by atoms with Crippen LogP contribution in [0.15, 0.2) is 72.1 Å². The maximum absolute atomic E-state index is 13.7. The van der Waals surface area contributed by atoms with Crippen LogP contribution in [0.1, 0.15) is 53.3 Å². The number of nitrogens with one attached hydrogen (secondary N) is 1. The van der Waals surface area contributed by atoms with Gasteiger partial charge in [-0.2, -0.15) is 0 Å². The fourth-order valence-corrected chi connectivity index (χ4v) is 5.16. The highest BCUT2D eigenvalue weighted by Gasteiger charge is 2.34. The van der Waals surface area contributed by atoms with Crippen LogP contribution in [-0.2, 0) is 22.6 Å². The average Bonchev–Trinajstić information content (AvgIpc) is 3.50. The van der Waals surface area contributed by atoms with Gasteiger partial charge in [-0.05, 0) is 47.9 Å². The van der Waals surface area contributed by atoms with Crippen LogP contribution in [0.4, 0.5) is 0 Å². The van der Waals surface area contributed by atoms with Crippen molar-refractivity contribution in [3.63, 3.8) is 0 Å². The Hall–Kier alpha value is -2.92. The first-order valence-electron chi connectivity index (χ1n) is 11.3. The lowest BCUT2D eigenvalue weighted by Crippen LogP contribution is -2.46. The van der Waals surface area contributed by atoms with Crippen LogP contribution < -0.4 is 5.32 Å². The zero-order valence-electron chi connectivity index (χ0n) is 18.5. The van der Waals surface area contributed by atoms with Crippen molar-refractivity contribution in [2.45, 2.75) is 57.7 Å². The van der Waals surface area contributed by atoms with E-state index in [2.05, 4.69) is 5.32 Å². The molecule has 1 saturated carbocycles. The van der Waals surface area contributed by atoms with E-state index in [0.717, 1.165) is 47.3 Å². The van der Waals surface area contributed by atoms with Crippen LogP contribution in [-0.4, -0.2) is 22.8 Å². The molecule has 0 radical (unpaired) electrons. The minimum absolute atomic E-state index is 0.0360. The molecular formula is C27H30N2O2S. The number of hydrogen-bond acceptors (Lipinski definition) is 3. The third-order valence-electron chi connectivity index (χ3n) is 6.17. The summed E-state index contributed by atoms with van der Waals surface area (Å²) in [6.45, 7) is 2.40. The molecule has 1 aliphatic rings. The molecule has 4 rings (SSSR count). The fraction of sp³-hybridized carbons (Fsp3) is 0.333. The minimum Gasteiger partial charge on any atom is -0.351 e. The molecule has 1 atom stereocenters. The lowest BCUT2D eigenvalue weighted by molar-refractivity contribution is -0.141. The largest absolute Gasteiger partial charge is 0.351 e. The van der Waals surface area contributed by atoms with Crippen molar-refractivity contribution in [3.8, 4) is 0 Å². The molecule has 2 aromatic carbocycles. The van der Waals surface area contributed by atoms with E-state index < -0.39 is 6.04 Å². The highest BCUT2D eigenvalue weighted by Crippen LogP contribution is 2.29. The van der Waals surface area contributed by atoms with Gasteiger partial charge in [0, 0.05) is 17.5 Å². The SMILES string of the molecule is Cc1ccccc1C(C(=O)NC1CCCC1)N(Cc1ccccc1)C(=O)Cc1cccs1. The number of aryl methyl sites for hydroxylation is 1. The van der Waals surface area contributed by atoms with Crippen molar-refractivity contribution in [2.24, 2.45) is 0 Å². The Labute approximate surface area is 194 Å². The summed E-state index contributed by atoms with van der Waals surface area (Å²) in [6, 6.07) is 21.3. The molecule has 32 heavy (non-hydrogen) atoms. The van der Waals surface area contributed by atoms with Gasteiger partial charge in [-0.1, -0.05) is 73.5 Å². The smallest absolute Gasteiger partial charge is 0.247 e. The minimum atomic E-state index is -0.663. The second-order valence-corrected chi connectivity index (χ2v) is 9.54. The van der Waals surface area contributed by atoms with Crippen molar-refractivity contribution in [1.82, 2.24) is 10.2 Å². The number of carbonyl (C=O) groups excluding carboxylic acids is 2. The van der Waals surface area contributed by atoms with Gasteiger partial charge in [-0.15, -0.1) is 11.3 Å².